The lowest BCUT2D eigenvalue weighted by atomic mass is 10.2. The average Bonchev–Trinajstić information content (AvgIpc) is 2.45. The van der Waals surface area contributed by atoms with Crippen molar-refractivity contribution < 1.29 is 8.42 Å². The van der Waals surface area contributed by atoms with Crippen molar-refractivity contribution in [2.45, 2.75) is 64.6 Å². The molecule has 0 aliphatic rings. The highest BCUT2D eigenvalue weighted by atomic mass is 32.2. The fourth-order valence-electron chi connectivity index (χ4n) is 2.16. The van der Waals surface area contributed by atoms with E-state index >= 15 is 0 Å². The van der Waals surface area contributed by atoms with Crippen molar-refractivity contribution in [1.29, 1.82) is 0 Å². The third-order valence-corrected chi connectivity index (χ3v) is 5.74. The number of hydrogen-bond donors (Lipinski definition) is 1. The maximum Gasteiger partial charge on any atom is 0.243 e. The maximum atomic E-state index is 12.7. The van der Waals surface area contributed by atoms with Gasteiger partial charge in [0, 0.05) is 25.2 Å². The molecule has 0 saturated heterocycles. The van der Waals surface area contributed by atoms with E-state index in [2.05, 4.69) is 19.2 Å². The first kappa shape index (κ1) is 18.1. The molecule has 0 radical (unpaired) electrons. The molecule has 21 heavy (non-hydrogen) atoms. The predicted molar refractivity (Wildman–Crippen MR) is 87.7 cm³/mol. The summed E-state index contributed by atoms with van der Waals surface area (Å²) in [5.41, 5.74) is 1.09. The molecule has 1 aromatic rings. The standard InChI is InChI=1S/C16H28N2O2S/c1-6-14(5)18(7-2)21(19,20)16-10-8-15(9-11-16)12-17-13(3)4/h8-11,13-14,17H,6-7,12H2,1-5H3. The Hall–Kier alpha value is -0.910. The van der Waals surface area contributed by atoms with Gasteiger partial charge < -0.3 is 5.32 Å². The molecule has 0 aromatic heterocycles. The lowest BCUT2D eigenvalue weighted by Gasteiger charge is -2.26. The zero-order valence-corrected chi connectivity index (χ0v) is 14.6. The van der Waals surface area contributed by atoms with Gasteiger partial charge in [-0.3, -0.25) is 0 Å². The highest BCUT2D eigenvalue weighted by molar-refractivity contribution is 7.89. The summed E-state index contributed by atoms with van der Waals surface area (Å²) in [4.78, 5) is 0.373. The quantitative estimate of drug-likeness (QED) is 0.803. The number of sulfonamides is 1. The average molecular weight is 312 g/mol. The maximum absolute atomic E-state index is 12.7. The minimum atomic E-state index is -3.40. The molecule has 1 rings (SSSR count). The van der Waals surface area contributed by atoms with Crippen molar-refractivity contribution in [3.05, 3.63) is 29.8 Å². The predicted octanol–water partition coefficient (Wildman–Crippen LogP) is 2.99. The summed E-state index contributed by atoms with van der Waals surface area (Å²) >= 11 is 0. The summed E-state index contributed by atoms with van der Waals surface area (Å²) in [6, 6.07) is 7.60. The minimum Gasteiger partial charge on any atom is -0.310 e. The van der Waals surface area contributed by atoms with Crippen LogP contribution in [0.1, 0.15) is 46.6 Å². The fourth-order valence-corrected chi connectivity index (χ4v) is 3.87. The Morgan fingerprint density at radius 2 is 1.67 bits per heavy atom. The van der Waals surface area contributed by atoms with E-state index in [-0.39, 0.29) is 6.04 Å². The molecule has 1 unspecified atom stereocenters. The molecule has 1 aromatic carbocycles. The van der Waals surface area contributed by atoms with Crippen LogP contribution in [-0.4, -0.2) is 31.4 Å². The third-order valence-electron chi connectivity index (χ3n) is 3.64. The van der Waals surface area contributed by atoms with Gasteiger partial charge in [-0.1, -0.05) is 39.8 Å². The molecule has 0 aliphatic carbocycles. The van der Waals surface area contributed by atoms with Gasteiger partial charge in [-0.25, -0.2) is 8.42 Å². The summed E-state index contributed by atoms with van der Waals surface area (Å²) in [5, 5.41) is 3.32. The topological polar surface area (TPSA) is 49.4 Å². The number of hydrogen-bond acceptors (Lipinski definition) is 3. The van der Waals surface area contributed by atoms with Crippen LogP contribution in [-0.2, 0) is 16.6 Å². The van der Waals surface area contributed by atoms with E-state index in [0.717, 1.165) is 18.5 Å². The molecule has 1 atom stereocenters. The summed E-state index contributed by atoms with van der Waals surface area (Å²) in [5.74, 6) is 0. The molecule has 0 saturated carbocycles. The molecule has 0 aliphatic heterocycles. The SMILES string of the molecule is CCC(C)N(CC)S(=O)(=O)c1ccc(CNC(C)C)cc1. The van der Waals surface area contributed by atoms with Crippen LogP contribution in [0, 0.1) is 0 Å². The molecular formula is C16H28N2O2S. The first-order chi connectivity index (χ1) is 9.82. The molecule has 0 amide bonds. The van der Waals surface area contributed by atoms with E-state index in [4.69, 9.17) is 0 Å². The van der Waals surface area contributed by atoms with Gasteiger partial charge in [-0.05, 0) is 31.0 Å². The van der Waals surface area contributed by atoms with Gasteiger partial charge in [-0.15, -0.1) is 0 Å². The summed E-state index contributed by atoms with van der Waals surface area (Å²) < 4.78 is 26.9. The van der Waals surface area contributed by atoms with Crippen LogP contribution in [0.25, 0.3) is 0 Å². The largest absolute Gasteiger partial charge is 0.310 e. The van der Waals surface area contributed by atoms with Crippen molar-refractivity contribution in [3.63, 3.8) is 0 Å². The van der Waals surface area contributed by atoms with E-state index in [1.54, 1.807) is 16.4 Å². The Morgan fingerprint density at radius 1 is 1.10 bits per heavy atom. The van der Waals surface area contributed by atoms with E-state index in [9.17, 15) is 8.42 Å². The Bertz CT molecular complexity index is 524. The Balaban J connectivity index is 2.93. The van der Waals surface area contributed by atoms with Gasteiger partial charge in [0.2, 0.25) is 10.0 Å². The second-order valence-corrected chi connectivity index (χ2v) is 7.54. The third kappa shape index (κ3) is 4.80. The summed E-state index contributed by atoms with van der Waals surface area (Å²) in [6.45, 7) is 11.2. The van der Waals surface area contributed by atoms with Gasteiger partial charge in [-0.2, -0.15) is 4.31 Å². The zero-order chi connectivity index (χ0) is 16.0. The van der Waals surface area contributed by atoms with E-state index < -0.39 is 10.0 Å². The number of nitrogens with zero attached hydrogens (tertiary/aromatic N) is 1. The van der Waals surface area contributed by atoms with Crippen LogP contribution in [0.2, 0.25) is 0 Å². The smallest absolute Gasteiger partial charge is 0.243 e. The van der Waals surface area contributed by atoms with Gasteiger partial charge in [0.05, 0.1) is 4.90 Å². The molecule has 0 fully saturated rings. The van der Waals surface area contributed by atoms with Crippen LogP contribution in [0.5, 0.6) is 0 Å². The van der Waals surface area contributed by atoms with Gasteiger partial charge >= 0.3 is 0 Å². The number of nitrogens with one attached hydrogen (secondary N) is 1. The summed E-state index contributed by atoms with van der Waals surface area (Å²) in [7, 11) is -3.40. The van der Waals surface area contributed by atoms with Crippen molar-refractivity contribution in [2.24, 2.45) is 0 Å². The molecule has 1 N–H and O–H groups in total. The molecule has 0 spiro atoms. The lowest BCUT2D eigenvalue weighted by Crippen LogP contribution is -2.38. The monoisotopic (exact) mass is 312 g/mol. The van der Waals surface area contributed by atoms with Crippen LogP contribution in [0.3, 0.4) is 0 Å². The van der Waals surface area contributed by atoms with Crippen LogP contribution < -0.4 is 5.32 Å². The first-order valence-electron chi connectivity index (χ1n) is 7.67. The number of rotatable bonds is 8. The van der Waals surface area contributed by atoms with Crippen LogP contribution in [0.4, 0.5) is 0 Å². The molecule has 120 valence electrons. The van der Waals surface area contributed by atoms with E-state index in [1.807, 2.05) is 32.9 Å². The molecular weight excluding hydrogens is 284 g/mol. The Labute approximate surface area is 129 Å². The van der Waals surface area contributed by atoms with Crippen LogP contribution in [0.15, 0.2) is 29.2 Å². The fraction of sp³-hybridized carbons (Fsp3) is 0.625. The zero-order valence-electron chi connectivity index (χ0n) is 13.8. The van der Waals surface area contributed by atoms with E-state index in [1.165, 1.54) is 0 Å². The molecule has 5 heteroatoms. The van der Waals surface area contributed by atoms with Gasteiger partial charge in [0.15, 0.2) is 0 Å². The highest BCUT2D eigenvalue weighted by Crippen LogP contribution is 2.19. The van der Waals surface area contributed by atoms with E-state index in [0.29, 0.717) is 17.5 Å². The molecule has 0 bridgehead atoms. The Kier molecular flexibility index (Phi) is 6.84. The van der Waals surface area contributed by atoms with Crippen molar-refractivity contribution >= 4 is 10.0 Å². The number of benzene rings is 1. The minimum absolute atomic E-state index is 0.0160. The lowest BCUT2D eigenvalue weighted by molar-refractivity contribution is 0.342. The second kappa shape index (κ2) is 7.92. The highest BCUT2D eigenvalue weighted by Gasteiger charge is 2.26. The molecule has 4 nitrogen and oxygen atoms in total. The Morgan fingerprint density at radius 3 is 2.10 bits per heavy atom. The van der Waals surface area contributed by atoms with Gasteiger partial charge in [0.1, 0.15) is 0 Å². The first-order valence-corrected chi connectivity index (χ1v) is 9.11. The van der Waals surface area contributed by atoms with Gasteiger partial charge in [0.25, 0.3) is 0 Å². The van der Waals surface area contributed by atoms with Crippen molar-refractivity contribution in [3.8, 4) is 0 Å². The molecule has 0 heterocycles. The van der Waals surface area contributed by atoms with Crippen LogP contribution >= 0.6 is 0 Å². The van der Waals surface area contributed by atoms with Crippen molar-refractivity contribution in [1.82, 2.24) is 9.62 Å². The van der Waals surface area contributed by atoms with Crippen molar-refractivity contribution in [2.75, 3.05) is 6.54 Å². The summed E-state index contributed by atoms with van der Waals surface area (Å²) in [6.07, 6.45) is 0.809. The normalized spacial score (nSPS) is 13.9. The second-order valence-electron chi connectivity index (χ2n) is 5.65.